The molecule has 1 unspecified atom stereocenters. The first-order valence-electron chi connectivity index (χ1n) is 7.49. The SMILES string of the molecule is COc1cccc(CC(C)NC(=O)NCc2ccccc2Cl)c1. The molecule has 2 N–H and O–H groups in total. The molecule has 2 amide bonds. The van der Waals surface area contributed by atoms with Gasteiger partial charge in [0.05, 0.1) is 7.11 Å². The van der Waals surface area contributed by atoms with Crippen molar-refractivity contribution >= 4 is 17.6 Å². The first-order valence-corrected chi connectivity index (χ1v) is 7.87. The summed E-state index contributed by atoms with van der Waals surface area (Å²) in [7, 11) is 1.64. The van der Waals surface area contributed by atoms with E-state index in [-0.39, 0.29) is 12.1 Å². The molecular weight excluding hydrogens is 312 g/mol. The lowest BCUT2D eigenvalue weighted by Gasteiger charge is -2.15. The largest absolute Gasteiger partial charge is 0.497 e. The predicted octanol–water partition coefficient (Wildman–Crippen LogP) is 3.78. The van der Waals surface area contributed by atoms with Crippen LogP contribution in [0.2, 0.25) is 5.02 Å². The van der Waals surface area contributed by atoms with Gasteiger partial charge in [-0.1, -0.05) is 41.9 Å². The van der Waals surface area contributed by atoms with Crippen LogP contribution in [0.4, 0.5) is 4.79 Å². The lowest BCUT2D eigenvalue weighted by atomic mass is 10.1. The summed E-state index contributed by atoms with van der Waals surface area (Å²) in [4.78, 5) is 12.0. The first-order chi connectivity index (χ1) is 11.1. The Balaban J connectivity index is 1.81. The van der Waals surface area contributed by atoms with Gasteiger partial charge in [-0.15, -0.1) is 0 Å². The zero-order chi connectivity index (χ0) is 16.7. The lowest BCUT2D eigenvalue weighted by Crippen LogP contribution is -2.41. The average Bonchev–Trinajstić information content (AvgIpc) is 2.54. The summed E-state index contributed by atoms with van der Waals surface area (Å²) in [5.41, 5.74) is 2.01. The van der Waals surface area contributed by atoms with Gasteiger partial charge >= 0.3 is 6.03 Å². The minimum absolute atomic E-state index is 0.00773. The van der Waals surface area contributed by atoms with Crippen LogP contribution < -0.4 is 15.4 Å². The molecule has 0 fully saturated rings. The maximum absolute atomic E-state index is 12.0. The zero-order valence-corrected chi connectivity index (χ0v) is 14.1. The van der Waals surface area contributed by atoms with E-state index in [1.807, 2.05) is 55.5 Å². The van der Waals surface area contributed by atoms with Crippen LogP contribution >= 0.6 is 11.6 Å². The number of methoxy groups -OCH3 is 1. The molecule has 122 valence electrons. The molecule has 0 heterocycles. The molecule has 0 aromatic heterocycles. The number of ether oxygens (including phenoxy) is 1. The van der Waals surface area contributed by atoms with E-state index in [2.05, 4.69) is 10.6 Å². The van der Waals surface area contributed by atoms with Gasteiger partial charge in [0.15, 0.2) is 0 Å². The number of halogens is 1. The summed E-state index contributed by atoms with van der Waals surface area (Å²) < 4.78 is 5.20. The number of urea groups is 1. The van der Waals surface area contributed by atoms with Crippen molar-refractivity contribution in [2.75, 3.05) is 7.11 Å². The van der Waals surface area contributed by atoms with Crippen LogP contribution in [0.15, 0.2) is 48.5 Å². The highest BCUT2D eigenvalue weighted by Crippen LogP contribution is 2.15. The van der Waals surface area contributed by atoms with Gasteiger partial charge in [0, 0.05) is 17.6 Å². The maximum Gasteiger partial charge on any atom is 0.315 e. The van der Waals surface area contributed by atoms with Crippen molar-refractivity contribution in [3.8, 4) is 5.75 Å². The van der Waals surface area contributed by atoms with Crippen LogP contribution in [0.3, 0.4) is 0 Å². The van der Waals surface area contributed by atoms with E-state index in [0.717, 1.165) is 23.3 Å². The summed E-state index contributed by atoms with van der Waals surface area (Å²) in [6.45, 7) is 2.37. The van der Waals surface area contributed by atoms with Gasteiger partial charge in [0.2, 0.25) is 0 Å². The Labute approximate surface area is 141 Å². The monoisotopic (exact) mass is 332 g/mol. The molecule has 0 aliphatic rings. The highest BCUT2D eigenvalue weighted by Gasteiger charge is 2.09. The van der Waals surface area contributed by atoms with Crippen molar-refractivity contribution in [2.24, 2.45) is 0 Å². The summed E-state index contributed by atoms with van der Waals surface area (Å²) in [6, 6.07) is 15.1. The molecule has 2 rings (SSSR count). The van der Waals surface area contributed by atoms with Gasteiger partial charge < -0.3 is 15.4 Å². The van der Waals surface area contributed by atoms with Crippen LogP contribution in [-0.4, -0.2) is 19.2 Å². The van der Waals surface area contributed by atoms with Crippen molar-refractivity contribution < 1.29 is 9.53 Å². The predicted molar refractivity (Wildman–Crippen MR) is 93.0 cm³/mol. The standard InChI is InChI=1S/C18H21ClN2O2/c1-13(10-14-6-5-8-16(11-14)23-2)21-18(22)20-12-15-7-3-4-9-17(15)19/h3-9,11,13H,10,12H2,1-2H3,(H2,20,21,22). The molecule has 0 aliphatic carbocycles. The number of hydrogen-bond acceptors (Lipinski definition) is 2. The number of carbonyl (C=O) groups is 1. The third kappa shape index (κ3) is 5.49. The Morgan fingerprint density at radius 2 is 2.00 bits per heavy atom. The third-order valence-corrected chi connectivity index (χ3v) is 3.82. The second kappa shape index (κ2) is 8.44. The third-order valence-electron chi connectivity index (χ3n) is 3.45. The summed E-state index contributed by atoms with van der Waals surface area (Å²) in [5, 5.41) is 6.39. The van der Waals surface area contributed by atoms with E-state index < -0.39 is 0 Å². The Morgan fingerprint density at radius 3 is 2.74 bits per heavy atom. The molecule has 0 saturated heterocycles. The fraction of sp³-hybridized carbons (Fsp3) is 0.278. The molecule has 23 heavy (non-hydrogen) atoms. The Hall–Kier alpha value is -2.20. The molecule has 4 nitrogen and oxygen atoms in total. The fourth-order valence-corrected chi connectivity index (χ4v) is 2.50. The number of rotatable bonds is 6. The molecule has 5 heteroatoms. The van der Waals surface area contributed by atoms with Crippen LogP contribution in [-0.2, 0) is 13.0 Å². The second-order valence-corrected chi connectivity index (χ2v) is 5.78. The molecule has 0 spiro atoms. The summed E-state index contributed by atoms with van der Waals surface area (Å²) in [5.74, 6) is 0.817. The van der Waals surface area contributed by atoms with Gasteiger partial charge in [-0.25, -0.2) is 4.79 Å². The van der Waals surface area contributed by atoms with Crippen LogP contribution in [0.1, 0.15) is 18.1 Å². The topological polar surface area (TPSA) is 50.4 Å². The summed E-state index contributed by atoms with van der Waals surface area (Å²) >= 11 is 6.07. The Kier molecular flexibility index (Phi) is 6.29. The smallest absolute Gasteiger partial charge is 0.315 e. The minimum atomic E-state index is -0.208. The molecular formula is C18H21ClN2O2. The van der Waals surface area contributed by atoms with Crippen LogP contribution in [0, 0.1) is 0 Å². The molecule has 0 saturated carbocycles. The number of hydrogen-bond donors (Lipinski definition) is 2. The van der Waals surface area contributed by atoms with E-state index in [1.54, 1.807) is 7.11 Å². The van der Waals surface area contributed by atoms with E-state index in [0.29, 0.717) is 11.6 Å². The van der Waals surface area contributed by atoms with Gasteiger partial charge in [0.25, 0.3) is 0 Å². The second-order valence-electron chi connectivity index (χ2n) is 5.38. The van der Waals surface area contributed by atoms with Crippen molar-refractivity contribution in [1.82, 2.24) is 10.6 Å². The quantitative estimate of drug-likeness (QED) is 0.845. The van der Waals surface area contributed by atoms with Gasteiger partial charge in [-0.3, -0.25) is 0 Å². The maximum atomic E-state index is 12.0. The number of amides is 2. The van der Waals surface area contributed by atoms with Crippen molar-refractivity contribution in [2.45, 2.75) is 25.9 Å². The number of nitrogens with one attached hydrogen (secondary N) is 2. The van der Waals surface area contributed by atoms with Crippen molar-refractivity contribution in [3.05, 3.63) is 64.7 Å². The Bertz CT molecular complexity index is 661. The van der Waals surface area contributed by atoms with Crippen molar-refractivity contribution in [1.29, 1.82) is 0 Å². The average molecular weight is 333 g/mol. The van der Waals surface area contributed by atoms with Crippen LogP contribution in [0.5, 0.6) is 5.75 Å². The van der Waals surface area contributed by atoms with E-state index in [9.17, 15) is 4.79 Å². The van der Waals surface area contributed by atoms with E-state index in [1.165, 1.54) is 0 Å². The van der Waals surface area contributed by atoms with E-state index in [4.69, 9.17) is 16.3 Å². The van der Waals surface area contributed by atoms with Gasteiger partial charge in [-0.05, 0) is 42.7 Å². The molecule has 1 atom stereocenters. The zero-order valence-electron chi connectivity index (χ0n) is 13.3. The fourth-order valence-electron chi connectivity index (χ4n) is 2.30. The highest BCUT2D eigenvalue weighted by atomic mass is 35.5. The molecule has 2 aromatic rings. The molecule has 0 radical (unpaired) electrons. The molecule has 2 aromatic carbocycles. The number of carbonyl (C=O) groups excluding carboxylic acids is 1. The normalized spacial score (nSPS) is 11.6. The van der Waals surface area contributed by atoms with E-state index >= 15 is 0 Å². The minimum Gasteiger partial charge on any atom is -0.497 e. The van der Waals surface area contributed by atoms with Gasteiger partial charge in [0.1, 0.15) is 5.75 Å². The van der Waals surface area contributed by atoms with Gasteiger partial charge in [-0.2, -0.15) is 0 Å². The highest BCUT2D eigenvalue weighted by molar-refractivity contribution is 6.31. The molecule has 0 bridgehead atoms. The Morgan fingerprint density at radius 1 is 1.22 bits per heavy atom. The van der Waals surface area contributed by atoms with Crippen LogP contribution in [0.25, 0.3) is 0 Å². The molecule has 0 aliphatic heterocycles. The number of benzene rings is 2. The van der Waals surface area contributed by atoms with Crippen molar-refractivity contribution in [3.63, 3.8) is 0 Å². The summed E-state index contributed by atoms with van der Waals surface area (Å²) in [6.07, 6.45) is 0.733. The first kappa shape index (κ1) is 17.2. The lowest BCUT2D eigenvalue weighted by molar-refractivity contribution is 0.237.